The fourth-order valence-corrected chi connectivity index (χ4v) is 0.946. The zero-order valence-corrected chi connectivity index (χ0v) is 7.10. The first kappa shape index (κ1) is 11.9. The van der Waals surface area contributed by atoms with Gasteiger partial charge in [-0.3, -0.25) is 0 Å². The van der Waals surface area contributed by atoms with Crippen LogP contribution in [0.3, 0.4) is 0 Å². The van der Waals surface area contributed by atoms with E-state index in [1.807, 2.05) is 0 Å². The molecule has 0 rings (SSSR count). The van der Waals surface area contributed by atoms with Crippen molar-refractivity contribution < 1.29 is 30.0 Å². The molecule has 0 saturated heterocycles. The van der Waals surface area contributed by atoms with Crippen molar-refractivity contribution in [2.75, 3.05) is 0 Å². The van der Waals surface area contributed by atoms with E-state index >= 15 is 0 Å². The molecule has 2 atom stereocenters. The Hall–Kier alpha value is -1.14. The second-order valence-corrected chi connectivity index (χ2v) is 2.72. The van der Waals surface area contributed by atoms with Crippen molar-refractivity contribution in [3.8, 4) is 0 Å². The van der Waals surface area contributed by atoms with Gasteiger partial charge in [0.05, 0.1) is 0 Å². The number of aliphatic carboxylic acids is 2. The molecular weight excluding hydrogens is 180 g/mol. The summed E-state index contributed by atoms with van der Waals surface area (Å²) in [5.41, 5.74) is -2.60. The minimum atomic E-state index is -2.60. The standard InChI is InChI=1S/C7H12O6/c1-2-3-7(13,6(11)12)4(8)5(9)10/h4,8,13H,2-3H2,1H3,(H,9,10)(H,11,12). The Balaban J connectivity index is 4.77. The quantitative estimate of drug-likeness (QED) is 0.446. The molecule has 0 fully saturated rings. The maximum absolute atomic E-state index is 10.5. The highest BCUT2D eigenvalue weighted by Crippen LogP contribution is 2.18. The van der Waals surface area contributed by atoms with Crippen molar-refractivity contribution in [3.63, 3.8) is 0 Å². The lowest BCUT2D eigenvalue weighted by molar-refractivity contribution is -0.184. The highest BCUT2D eigenvalue weighted by molar-refractivity contribution is 5.87. The lowest BCUT2D eigenvalue weighted by Gasteiger charge is -2.25. The fourth-order valence-electron chi connectivity index (χ4n) is 0.946. The van der Waals surface area contributed by atoms with E-state index in [-0.39, 0.29) is 12.8 Å². The van der Waals surface area contributed by atoms with Crippen molar-refractivity contribution in [1.29, 1.82) is 0 Å². The molecule has 6 nitrogen and oxygen atoms in total. The average molecular weight is 192 g/mol. The van der Waals surface area contributed by atoms with Crippen molar-refractivity contribution in [2.24, 2.45) is 0 Å². The zero-order chi connectivity index (χ0) is 10.6. The molecule has 0 aliphatic heterocycles. The molecule has 0 amide bonds. The summed E-state index contributed by atoms with van der Waals surface area (Å²) in [6.07, 6.45) is -2.35. The van der Waals surface area contributed by atoms with Gasteiger partial charge in [0, 0.05) is 0 Å². The monoisotopic (exact) mass is 192 g/mol. The summed E-state index contributed by atoms with van der Waals surface area (Å²) in [7, 11) is 0. The van der Waals surface area contributed by atoms with Crippen LogP contribution in [0.15, 0.2) is 0 Å². The Morgan fingerprint density at radius 1 is 1.38 bits per heavy atom. The first-order valence-corrected chi connectivity index (χ1v) is 3.73. The number of aliphatic hydroxyl groups excluding tert-OH is 1. The van der Waals surface area contributed by atoms with Crippen molar-refractivity contribution in [2.45, 2.75) is 31.5 Å². The molecule has 13 heavy (non-hydrogen) atoms. The maximum Gasteiger partial charge on any atom is 0.339 e. The topological polar surface area (TPSA) is 115 Å². The van der Waals surface area contributed by atoms with E-state index in [2.05, 4.69) is 0 Å². The Bertz CT molecular complexity index is 213. The molecule has 0 aromatic carbocycles. The van der Waals surface area contributed by atoms with Gasteiger partial charge in [0.2, 0.25) is 0 Å². The number of aliphatic hydroxyl groups is 2. The summed E-state index contributed by atoms with van der Waals surface area (Å²) in [4.78, 5) is 20.7. The van der Waals surface area contributed by atoms with Crippen LogP contribution in [0.1, 0.15) is 19.8 Å². The Labute approximate surface area is 74.4 Å². The molecule has 0 aromatic heterocycles. The van der Waals surface area contributed by atoms with Crippen LogP contribution in [0.2, 0.25) is 0 Å². The van der Waals surface area contributed by atoms with Crippen molar-refractivity contribution >= 4 is 11.9 Å². The van der Waals surface area contributed by atoms with E-state index in [1.54, 1.807) is 6.92 Å². The molecule has 0 bridgehead atoms. The van der Waals surface area contributed by atoms with E-state index < -0.39 is 23.6 Å². The summed E-state index contributed by atoms with van der Waals surface area (Å²) in [6, 6.07) is 0. The zero-order valence-electron chi connectivity index (χ0n) is 7.10. The smallest absolute Gasteiger partial charge is 0.339 e. The normalized spacial score (nSPS) is 17.5. The summed E-state index contributed by atoms with van der Waals surface area (Å²) < 4.78 is 0. The summed E-state index contributed by atoms with van der Waals surface area (Å²) >= 11 is 0. The maximum atomic E-state index is 10.5. The first-order valence-electron chi connectivity index (χ1n) is 3.73. The molecule has 0 saturated carbocycles. The number of carboxylic acids is 2. The minimum absolute atomic E-state index is 0.257. The van der Waals surface area contributed by atoms with Gasteiger partial charge in [-0.15, -0.1) is 0 Å². The molecule has 0 aliphatic rings. The summed E-state index contributed by atoms with van der Waals surface area (Å²) in [6.45, 7) is 1.57. The van der Waals surface area contributed by atoms with Gasteiger partial charge in [-0.1, -0.05) is 13.3 Å². The van der Waals surface area contributed by atoms with E-state index in [4.69, 9.17) is 15.3 Å². The van der Waals surface area contributed by atoms with Gasteiger partial charge in [-0.2, -0.15) is 0 Å². The number of rotatable bonds is 5. The van der Waals surface area contributed by atoms with E-state index in [0.29, 0.717) is 0 Å². The third-order valence-electron chi connectivity index (χ3n) is 1.69. The molecule has 0 aliphatic carbocycles. The molecule has 0 spiro atoms. The van der Waals surface area contributed by atoms with Gasteiger partial charge < -0.3 is 20.4 Å². The predicted octanol–water partition coefficient (Wildman–Crippen LogP) is -0.952. The summed E-state index contributed by atoms with van der Waals surface area (Å²) in [5.74, 6) is -3.48. The molecule has 4 N–H and O–H groups in total. The number of hydrogen-bond acceptors (Lipinski definition) is 4. The number of carboxylic acid groups (broad SMARTS) is 2. The van der Waals surface area contributed by atoms with E-state index in [0.717, 1.165) is 0 Å². The third kappa shape index (κ3) is 2.40. The molecule has 0 heterocycles. The minimum Gasteiger partial charge on any atom is -0.479 e. The highest BCUT2D eigenvalue weighted by atomic mass is 16.4. The molecular formula is C7H12O6. The van der Waals surface area contributed by atoms with Gasteiger partial charge in [0.1, 0.15) is 0 Å². The number of hydrogen-bond donors (Lipinski definition) is 4. The molecule has 2 unspecified atom stereocenters. The van der Waals surface area contributed by atoms with E-state index in [9.17, 15) is 14.7 Å². The van der Waals surface area contributed by atoms with Crippen LogP contribution in [0, 0.1) is 0 Å². The van der Waals surface area contributed by atoms with Crippen LogP contribution in [-0.4, -0.2) is 44.1 Å². The second kappa shape index (κ2) is 4.20. The van der Waals surface area contributed by atoms with Crippen LogP contribution in [0.25, 0.3) is 0 Å². The van der Waals surface area contributed by atoms with E-state index in [1.165, 1.54) is 0 Å². The fraction of sp³-hybridized carbons (Fsp3) is 0.714. The molecule has 6 heteroatoms. The molecule has 0 radical (unpaired) electrons. The van der Waals surface area contributed by atoms with Gasteiger partial charge in [0.25, 0.3) is 0 Å². The number of carbonyl (C=O) groups is 2. The van der Waals surface area contributed by atoms with Gasteiger partial charge in [-0.25, -0.2) is 9.59 Å². The SMILES string of the molecule is CCCC(O)(C(=O)O)C(O)C(=O)O. The van der Waals surface area contributed by atoms with Crippen LogP contribution < -0.4 is 0 Å². The van der Waals surface area contributed by atoms with Gasteiger partial charge in [0.15, 0.2) is 11.7 Å². The van der Waals surface area contributed by atoms with Crippen LogP contribution in [-0.2, 0) is 9.59 Å². The second-order valence-electron chi connectivity index (χ2n) is 2.72. The van der Waals surface area contributed by atoms with Crippen LogP contribution in [0.5, 0.6) is 0 Å². The Morgan fingerprint density at radius 2 is 1.85 bits per heavy atom. The third-order valence-corrected chi connectivity index (χ3v) is 1.69. The Kier molecular flexibility index (Phi) is 3.83. The van der Waals surface area contributed by atoms with Crippen molar-refractivity contribution in [3.05, 3.63) is 0 Å². The largest absolute Gasteiger partial charge is 0.479 e. The summed E-state index contributed by atoms with van der Waals surface area (Å²) in [5, 5.41) is 35.0. The van der Waals surface area contributed by atoms with Crippen LogP contribution >= 0.6 is 0 Å². The first-order chi connectivity index (χ1) is 5.86. The van der Waals surface area contributed by atoms with Crippen LogP contribution in [0.4, 0.5) is 0 Å². The molecule has 0 aromatic rings. The van der Waals surface area contributed by atoms with Crippen molar-refractivity contribution in [1.82, 2.24) is 0 Å². The average Bonchev–Trinajstić information content (AvgIpc) is 2.02. The van der Waals surface area contributed by atoms with Gasteiger partial charge in [-0.05, 0) is 6.42 Å². The van der Waals surface area contributed by atoms with Gasteiger partial charge >= 0.3 is 11.9 Å². The predicted molar refractivity (Wildman–Crippen MR) is 41.1 cm³/mol. The molecule has 76 valence electrons. The highest BCUT2D eigenvalue weighted by Gasteiger charge is 2.46. The Morgan fingerprint density at radius 3 is 2.08 bits per heavy atom. The lowest BCUT2D eigenvalue weighted by Crippen LogP contribution is -2.53. The lowest BCUT2D eigenvalue weighted by atomic mass is 9.91.